The normalized spacial score (nSPS) is 25.0. The molecule has 1 spiro atoms. The third-order valence-corrected chi connectivity index (χ3v) is 5.33. The van der Waals surface area contributed by atoms with Crippen molar-refractivity contribution in [1.82, 2.24) is 4.90 Å². The lowest BCUT2D eigenvalue weighted by molar-refractivity contribution is -0.140. The summed E-state index contributed by atoms with van der Waals surface area (Å²) in [6, 6.07) is 2.18. The second-order valence-electron chi connectivity index (χ2n) is 8.02. The predicted octanol–water partition coefficient (Wildman–Crippen LogP) is 3.52. The number of likely N-dealkylation sites (tertiary alicyclic amines) is 1. The van der Waals surface area contributed by atoms with Crippen molar-refractivity contribution in [3.05, 3.63) is 46.9 Å². The van der Waals surface area contributed by atoms with Crippen LogP contribution in [0.4, 0.5) is 17.6 Å². The molecule has 1 aromatic carbocycles. The van der Waals surface area contributed by atoms with Gasteiger partial charge in [0.2, 0.25) is 0 Å². The summed E-state index contributed by atoms with van der Waals surface area (Å²) >= 11 is 0. The van der Waals surface area contributed by atoms with E-state index in [2.05, 4.69) is 0 Å². The fraction of sp³-hybridized carbons (Fsp3) is 0.474. The SMILES string of the molecule is CC1(C)C[C@]2(C=C(N)C1=O)CCN(C(=O)c1ccc(C(F)(F)F)c(F)c1)C2. The molecule has 1 amide bonds. The average molecular weight is 384 g/mol. The average Bonchev–Trinajstić information content (AvgIpc) is 2.93. The standard InChI is InChI=1S/C19H20F4N2O2/c1-17(2)9-18(8-14(24)15(17)26)5-6-25(10-18)16(27)11-3-4-12(13(20)7-11)19(21,22)23/h3-4,7-8H,5-6,9-10,24H2,1-2H3/t18-/m1/s1. The molecule has 0 bridgehead atoms. The Labute approximate surface area is 154 Å². The molecule has 3 rings (SSSR count). The fourth-order valence-corrected chi connectivity index (χ4v) is 4.19. The molecule has 1 heterocycles. The minimum absolute atomic E-state index is 0.136. The van der Waals surface area contributed by atoms with E-state index in [1.807, 2.05) is 0 Å². The van der Waals surface area contributed by atoms with Gasteiger partial charge in [0.15, 0.2) is 5.78 Å². The van der Waals surface area contributed by atoms with E-state index in [0.29, 0.717) is 31.5 Å². The summed E-state index contributed by atoms with van der Waals surface area (Å²) in [4.78, 5) is 26.3. The van der Waals surface area contributed by atoms with E-state index in [4.69, 9.17) is 5.73 Å². The summed E-state index contributed by atoms with van der Waals surface area (Å²) in [5.74, 6) is -2.15. The number of halogens is 4. The van der Waals surface area contributed by atoms with Gasteiger partial charge >= 0.3 is 6.18 Å². The molecule has 1 aromatic rings. The number of ketones is 1. The Morgan fingerprint density at radius 1 is 1.26 bits per heavy atom. The number of alkyl halides is 3. The van der Waals surface area contributed by atoms with Gasteiger partial charge in [-0.2, -0.15) is 13.2 Å². The van der Waals surface area contributed by atoms with Gasteiger partial charge in [-0.05, 0) is 37.1 Å². The van der Waals surface area contributed by atoms with E-state index in [-0.39, 0.29) is 23.6 Å². The van der Waals surface area contributed by atoms with Crippen molar-refractivity contribution in [2.24, 2.45) is 16.6 Å². The zero-order valence-corrected chi connectivity index (χ0v) is 15.0. The first-order valence-electron chi connectivity index (χ1n) is 8.54. The van der Waals surface area contributed by atoms with E-state index in [9.17, 15) is 27.2 Å². The van der Waals surface area contributed by atoms with Gasteiger partial charge in [-0.1, -0.05) is 13.8 Å². The number of hydrogen-bond acceptors (Lipinski definition) is 3. The maximum Gasteiger partial charge on any atom is 0.419 e. The fourth-order valence-electron chi connectivity index (χ4n) is 4.19. The third-order valence-electron chi connectivity index (χ3n) is 5.33. The molecule has 1 saturated heterocycles. The Hall–Kier alpha value is -2.38. The van der Waals surface area contributed by atoms with Gasteiger partial charge in [-0.15, -0.1) is 0 Å². The number of carbonyl (C=O) groups excluding carboxylic acids is 2. The molecule has 1 atom stereocenters. The predicted molar refractivity (Wildman–Crippen MR) is 90.0 cm³/mol. The van der Waals surface area contributed by atoms with Gasteiger partial charge in [0, 0.05) is 29.5 Å². The monoisotopic (exact) mass is 384 g/mol. The Morgan fingerprint density at radius 2 is 1.93 bits per heavy atom. The third kappa shape index (κ3) is 3.44. The summed E-state index contributed by atoms with van der Waals surface area (Å²) in [6.07, 6.45) is -2.02. The van der Waals surface area contributed by atoms with Crippen molar-refractivity contribution < 1.29 is 27.2 Å². The van der Waals surface area contributed by atoms with Gasteiger partial charge < -0.3 is 10.6 Å². The van der Waals surface area contributed by atoms with Gasteiger partial charge in [0.1, 0.15) is 5.82 Å². The van der Waals surface area contributed by atoms with Crippen molar-refractivity contribution in [3.63, 3.8) is 0 Å². The topological polar surface area (TPSA) is 63.4 Å². The lowest BCUT2D eigenvalue weighted by atomic mass is 9.65. The maximum absolute atomic E-state index is 13.8. The first-order chi connectivity index (χ1) is 12.3. The number of nitrogens with two attached hydrogens (primary N) is 1. The highest BCUT2D eigenvalue weighted by Gasteiger charge is 2.48. The van der Waals surface area contributed by atoms with E-state index < -0.39 is 34.3 Å². The number of carbonyl (C=O) groups is 2. The molecule has 1 aliphatic carbocycles. The second kappa shape index (κ2) is 6.07. The Morgan fingerprint density at radius 3 is 2.48 bits per heavy atom. The zero-order valence-electron chi connectivity index (χ0n) is 15.0. The molecule has 0 unspecified atom stereocenters. The van der Waals surface area contributed by atoms with Crippen LogP contribution in [0.15, 0.2) is 30.0 Å². The number of Topliss-reactive ketones (excluding diaryl/α,β-unsaturated/α-hetero) is 1. The van der Waals surface area contributed by atoms with Crippen LogP contribution in [0, 0.1) is 16.6 Å². The lowest BCUT2D eigenvalue weighted by Crippen LogP contribution is -2.42. The van der Waals surface area contributed by atoms with Crippen LogP contribution in [0.3, 0.4) is 0 Å². The Kier molecular flexibility index (Phi) is 4.36. The van der Waals surface area contributed by atoms with Crippen LogP contribution in [-0.4, -0.2) is 29.7 Å². The van der Waals surface area contributed by atoms with Crippen molar-refractivity contribution in [1.29, 1.82) is 0 Å². The Bertz CT molecular complexity index is 845. The molecular weight excluding hydrogens is 364 g/mol. The molecule has 0 saturated carbocycles. The van der Waals surface area contributed by atoms with Crippen molar-refractivity contribution in [2.45, 2.75) is 32.9 Å². The lowest BCUT2D eigenvalue weighted by Gasteiger charge is -2.39. The number of nitrogens with zero attached hydrogens (tertiary/aromatic N) is 1. The largest absolute Gasteiger partial charge is 0.419 e. The van der Waals surface area contributed by atoms with Crippen LogP contribution >= 0.6 is 0 Å². The Balaban J connectivity index is 1.83. The maximum atomic E-state index is 13.8. The van der Waals surface area contributed by atoms with Gasteiger partial charge in [-0.25, -0.2) is 4.39 Å². The quantitative estimate of drug-likeness (QED) is 0.754. The van der Waals surface area contributed by atoms with Crippen LogP contribution in [0.5, 0.6) is 0 Å². The second-order valence-corrected chi connectivity index (χ2v) is 8.02. The van der Waals surface area contributed by atoms with Crippen molar-refractivity contribution in [2.75, 3.05) is 13.1 Å². The van der Waals surface area contributed by atoms with Crippen LogP contribution in [-0.2, 0) is 11.0 Å². The van der Waals surface area contributed by atoms with Gasteiger partial charge in [0.05, 0.1) is 11.3 Å². The van der Waals surface area contributed by atoms with E-state index >= 15 is 0 Å². The van der Waals surface area contributed by atoms with Crippen LogP contribution < -0.4 is 5.73 Å². The number of benzene rings is 1. The summed E-state index contributed by atoms with van der Waals surface area (Å²) in [6.45, 7) is 4.24. The molecule has 0 radical (unpaired) electrons. The van der Waals surface area contributed by atoms with Crippen LogP contribution in [0.2, 0.25) is 0 Å². The molecule has 2 N–H and O–H groups in total. The minimum atomic E-state index is -4.81. The molecule has 1 fully saturated rings. The summed E-state index contributed by atoms with van der Waals surface area (Å²) < 4.78 is 51.8. The number of hydrogen-bond donors (Lipinski definition) is 1. The number of allylic oxidation sites excluding steroid dienone is 1. The van der Waals surface area contributed by atoms with E-state index in [1.165, 1.54) is 4.90 Å². The molecule has 2 aliphatic rings. The number of rotatable bonds is 1. The van der Waals surface area contributed by atoms with Gasteiger partial charge in [-0.3, -0.25) is 9.59 Å². The number of amides is 1. The van der Waals surface area contributed by atoms with Gasteiger partial charge in [0.25, 0.3) is 5.91 Å². The van der Waals surface area contributed by atoms with Crippen molar-refractivity contribution in [3.8, 4) is 0 Å². The van der Waals surface area contributed by atoms with E-state index in [0.717, 1.165) is 6.07 Å². The summed E-state index contributed by atoms with van der Waals surface area (Å²) in [5.41, 5.74) is 3.39. The summed E-state index contributed by atoms with van der Waals surface area (Å²) in [5, 5.41) is 0. The molecule has 146 valence electrons. The highest BCUT2D eigenvalue weighted by Crippen LogP contribution is 2.47. The molecule has 8 heteroatoms. The smallest absolute Gasteiger partial charge is 0.396 e. The van der Waals surface area contributed by atoms with Crippen LogP contribution in [0.25, 0.3) is 0 Å². The van der Waals surface area contributed by atoms with Crippen LogP contribution in [0.1, 0.15) is 42.6 Å². The molecule has 4 nitrogen and oxygen atoms in total. The first kappa shape index (κ1) is 19.4. The minimum Gasteiger partial charge on any atom is -0.396 e. The molecule has 0 aromatic heterocycles. The summed E-state index contributed by atoms with van der Waals surface area (Å²) in [7, 11) is 0. The zero-order chi connectivity index (χ0) is 20.2. The van der Waals surface area contributed by atoms with E-state index in [1.54, 1.807) is 19.9 Å². The highest BCUT2D eigenvalue weighted by atomic mass is 19.4. The highest BCUT2D eigenvalue weighted by molar-refractivity contribution is 6.00. The first-order valence-corrected chi connectivity index (χ1v) is 8.54. The van der Waals surface area contributed by atoms with Crippen molar-refractivity contribution >= 4 is 11.7 Å². The molecule has 1 aliphatic heterocycles. The molecular formula is C19H20F4N2O2. The molecule has 27 heavy (non-hydrogen) atoms.